The summed E-state index contributed by atoms with van der Waals surface area (Å²) in [7, 11) is 0. The van der Waals surface area contributed by atoms with E-state index in [-0.39, 0.29) is 11.2 Å². The van der Waals surface area contributed by atoms with Crippen LogP contribution >= 0.6 is 23.1 Å². The third-order valence-corrected chi connectivity index (χ3v) is 6.05. The number of fused-ring (bicyclic) bond motifs is 2. The molecule has 0 saturated carbocycles. The zero-order valence-electron chi connectivity index (χ0n) is 11.8. The van der Waals surface area contributed by atoms with E-state index in [4.69, 9.17) is 0 Å². The van der Waals surface area contributed by atoms with Crippen LogP contribution in [0.15, 0.2) is 53.4 Å². The van der Waals surface area contributed by atoms with E-state index in [0.29, 0.717) is 6.54 Å². The van der Waals surface area contributed by atoms with Gasteiger partial charge in [0.2, 0.25) is 5.91 Å². The Morgan fingerprint density at radius 3 is 2.86 bits per heavy atom. The van der Waals surface area contributed by atoms with Gasteiger partial charge in [0.25, 0.3) is 0 Å². The molecule has 2 heterocycles. The van der Waals surface area contributed by atoms with Gasteiger partial charge in [-0.25, -0.2) is 4.98 Å². The molecule has 4 rings (SSSR count). The molecule has 0 bridgehead atoms. The van der Waals surface area contributed by atoms with E-state index in [9.17, 15) is 4.79 Å². The molecule has 1 amide bonds. The van der Waals surface area contributed by atoms with E-state index >= 15 is 0 Å². The summed E-state index contributed by atoms with van der Waals surface area (Å²) in [4.78, 5) is 18.1. The van der Waals surface area contributed by atoms with Crippen LogP contribution in [0.5, 0.6) is 0 Å². The number of thiazole rings is 1. The molecular formula is C17H14N2OS2. The summed E-state index contributed by atoms with van der Waals surface area (Å²) in [5, 5.41) is 3.96. The lowest BCUT2D eigenvalue weighted by Crippen LogP contribution is -2.31. The van der Waals surface area contributed by atoms with Gasteiger partial charge in [-0.2, -0.15) is 0 Å². The van der Waals surface area contributed by atoms with Crippen molar-refractivity contribution in [2.45, 2.75) is 23.1 Å². The number of thioether (sulfide) groups is 1. The molecule has 0 radical (unpaired) electrons. The Kier molecular flexibility index (Phi) is 3.60. The summed E-state index contributed by atoms with van der Waals surface area (Å²) in [6.07, 6.45) is 0.812. The van der Waals surface area contributed by atoms with Gasteiger partial charge in [-0.3, -0.25) is 4.79 Å². The predicted octanol–water partition coefficient (Wildman–Crippen LogP) is 3.63. The molecule has 3 aromatic rings. The minimum Gasteiger partial charge on any atom is -0.349 e. The van der Waals surface area contributed by atoms with Crippen LogP contribution < -0.4 is 5.32 Å². The Hall–Kier alpha value is -1.85. The van der Waals surface area contributed by atoms with Gasteiger partial charge in [0.15, 0.2) is 0 Å². The Balaban J connectivity index is 1.41. The quantitative estimate of drug-likeness (QED) is 0.799. The number of carbonyl (C=O) groups excluding carboxylic acids is 1. The van der Waals surface area contributed by atoms with Crippen molar-refractivity contribution in [3.63, 3.8) is 0 Å². The lowest BCUT2D eigenvalue weighted by Gasteiger charge is -2.08. The zero-order valence-corrected chi connectivity index (χ0v) is 13.4. The van der Waals surface area contributed by atoms with Crippen LogP contribution in [-0.4, -0.2) is 16.1 Å². The van der Waals surface area contributed by atoms with Crippen LogP contribution in [-0.2, 0) is 17.8 Å². The van der Waals surface area contributed by atoms with Crippen molar-refractivity contribution >= 4 is 39.2 Å². The molecule has 22 heavy (non-hydrogen) atoms. The summed E-state index contributed by atoms with van der Waals surface area (Å²) in [6, 6.07) is 16.3. The van der Waals surface area contributed by atoms with Crippen molar-refractivity contribution in [3.05, 3.63) is 59.1 Å². The summed E-state index contributed by atoms with van der Waals surface area (Å²) in [5.74, 6) is 0.0976. The van der Waals surface area contributed by atoms with Crippen molar-refractivity contribution < 1.29 is 4.79 Å². The van der Waals surface area contributed by atoms with Gasteiger partial charge in [-0.15, -0.1) is 23.1 Å². The first-order chi connectivity index (χ1) is 10.8. The first-order valence-electron chi connectivity index (χ1n) is 7.16. The highest BCUT2D eigenvalue weighted by molar-refractivity contribution is 8.01. The van der Waals surface area contributed by atoms with Gasteiger partial charge in [0.05, 0.1) is 22.0 Å². The Labute approximate surface area is 136 Å². The van der Waals surface area contributed by atoms with Gasteiger partial charge in [0.1, 0.15) is 5.01 Å². The van der Waals surface area contributed by atoms with Gasteiger partial charge < -0.3 is 5.32 Å². The molecule has 1 aliphatic heterocycles. The maximum atomic E-state index is 12.3. The molecule has 1 aromatic heterocycles. The molecule has 0 saturated heterocycles. The van der Waals surface area contributed by atoms with Crippen LogP contribution in [0.4, 0.5) is 0 Å². The van der Waals surface area contributed by atoms with Gasteiger partial charge in [-0.1, -0.05) is 30.3 Å². The van der Waals surface area contributed by atoms with Crippen LogP contribution in [0.1, 0.15) is 10.6 Å². The molecule has 1 N–H and O–H groups in total. The van der Waals surface area contributed by atoms with Gasteiger partial charge >= 0.3 is 0 Å². The second kappa shape index (κ2) is 5.74. The first-order valence-corrected chi connectivity index (χ1v) is 8.86. The molecule has 1 aliphatic rings. The number of para-hydroxylation sites is 1. The smallest absolute Gasteiger partial charge is 0.234 e. The lowest BCUT2D eigenvalue weighted by atomic mass is 10.1. The highest BCUT2D eigenvalue weighted by Gasteiger charge is 2.27. The fraction of sp³-hybridized carbons (Fsp3) is 0.176. The van der Waals surface area contributed by atoms with Gasteiger partial charge in [-0.05, 0) is 30.2 Å². The first kappa shape index (κ1) is 13.8. The molecule has 3 nitrogen and oxygen atoms in total. The molecule has 1 unspecified atom stereocenters. The molecular weight excluding hydrogens is 312 g/mol. The number of benzene rings is 2. The average molecular weight is 326 g/mol. The third-order valence-electron chi connectivity index (χ3n) is 3.69. The normalized spacial score (nSPS) is 16.6. The van der Waals surface area contributed by atoms with Crippen LogP contribution in [0, 0.1) is 0 Å². The zero-order chi connectivity index (χ0) is 14.9. The number of carbonyl (C=O) groups is 1. The fourth-order valence-electron chi connectivity index (χ4n) is 2.60. The average Bonchev–Trinajstić information content (AvgIpc) is 3.15. The Morgan fingerprint density at radius 2 is 2.00 bits per heavy atom. The SMILES string of the molecule is O=C(NCc1nc2ccccc2s1)C1Cc2ccccc2S1. The molecule has 0 aliphatic carbocycles. The maximum absolute atomic E-state index is 12.3. The summed E-state index contributed by atoms with van der Waals surface area (Å²) >= 11 is 3.29. The Morgan fingerprint density at radius 1 is 1.18 bits per heavy atom. The van der Waals surface area contributed by atoms with E-state index < -0.39 is 0 Å². The number of nitrogens with zero attached hydrogens (tertiary/aromatic N) is 1. The van der Waals surface area contributed by atoms with Crippen molar-refractivity contribution in [1.82, 2.24) is 10.3 Å². The molecule has 110 valence electrons. The largest absolute Gasteiger partial charge is 0.349 e. The van der Waals surface area contributed by atoms with E-state index in [1.807, 2.05) is 30.3 Å². The van der Waals surface area contributed by atoms with E-state index in [0.717, 1.165) is 21.6 Å². The number of hydrogen-bond acceptors (Lipinski definition) is 4. The van der Waals surface area contributed by atoms with Crippen LogP contribution in [0.3, 0.4) is 0 Å². The minimum atomic E-state index is -0.0215. The molecule has 1 atom stereocenters. The van der Waals surface area contributed by atoms with Gasteiger partial charge in [0, 0.05) is 4.90 Å². The standard InChI is InChI=1S/C17H14N2OS2/c20-17(15-9-11-5-1-3-7-13(11)21-15)18-10-16-19-12-6-2-4-8-14(12)22-16/h1-8,15H,9-10H2,(H,18,20). The highest BCUT2D eigenvalue weighted by atomic mass is 32.2. The summed E-state index contributed by atoms with van der Waals surface area (Å²) < 4.78 is 1.16. The summed E-state index contributed by atoms with van der Waals surface area (Å²) in [5.41, 5.74) is 2.27. The second-order valence-corrected chi connectivity index (χ2v) is 7.57. The molecule has 0 fully saturated rings. The van der Waals surface area contributed by atoms with E-state index in [1.54, 1.807) is 23.1 Å². The topological polar surface area (TPSA) is 42.0 Å². The maximum Gasteiger partial charge on any atom is 0.234 e. The monoisotopic (exact) mass is 326 g/mol. The molecule has 5 heteroatoms. The van der Waals surface area contributed by atoms with E-state index in [1.165, 1.54) is 10.5 Å². The highest BCUT2D eigenvalue weighted by Crippen LogP contribution is 2.36. The minimum absolute atomic E-state index is 0.0215. The number of rotatable bonds is 3. The summed E-state index contributed by atoms with van der Waals surface area (Å²) in [6.45, 7) is 0.506. The number of hydrogen-bond donors (Lipinski definition) is 1. The van der Waals surface area contributed by atoms with Crippen molar-refractivity contribution in [2.75, 3.05) is 0 Å². The number of nitrogens with one attached hydrogen (secondary N) is 1. The van der Waals surface area contributed by atoms with Crippen molar-refractivity contribution in [1.29, 1.82) is 0 Å². The van der Waals surface area contributed by atoms with E-state index in [2.05, 4.69) is 28.5 Å². The Bertz CT molecular complexity index is 785. The van der Waals surface area contributed by atoms with Crippen molar-refractivity contribution in [2.24, 2.45) is 0 Å². The van der Waals surface area contributed by atoms with Crippen molar-refractivity contribution in [3.8, 4) is 0 Å². The second-order valence-electron chi connectivity index (χ2n) is 5.21. The lowest BCUT2D eigenvalue weighted by molar-refractivity contribution is -0.120. The predicted molar refractivity (Wildman–Crippen MR) is 91.3 cm³/mol. The molecule has 0 spiro atoms. The fourth-order valence-corrected chi connectivity index (χ4v) is 4.73. The number of amides is 1. The van der Waals surface area contributed by atoms with Crippen LogP contribution in [0.25, 0.3) is 10.2 Å². The third kappa shape index (κ3) is 2.62. The molecule has 2 aromatic carbocycles. The number of aromatic nitrogens is 1. The van der Waals surface area contributed by atoms with Crippen LogP contribution in [0.2, 0.25) is 0 Å².